The lowest BCUT2D eigenvalue weighted by molar-refractivity contribution is -0.388. The summed E-state index contributed by atoms with van der Waals surface area (Å²) in [5.41, 5.74) is 0. The highest BCUT2D eigenvalue weighted by Crippen LogP contribution is 2.35. The van der Waals surface area contributed by atoms with Crippen molar-refractivity contribution in [3.63, 3.8) is 0 Å². The third-order valence-corrected chi connectivity index (χ3v) is 9.74. The Morgan fingerprint density at radius 3 is 1.36 bits per heavy atom. The maximum Gasteiger partial charge on any atom is 0.329 e. The standard InChI is InChI=1S/C32H52O26/c1-10-18(41)19(42)28(14(52-10)6-50-8-16(37)38)57-30-23(46)21(44)26(11(3-33)53-30)58-32-29(51-9-17(39)40)24(47)27(12(4-34)54-32)56-31-22(45)20(43)25(48-2)13(55-31)5-49-7-15(35)36/h10-14,18-34,41-47H,3-9H2,1-2H3,(H,35,36)(H,37,38)(H,39,40)/t10-,11?,12-,13?,14-,18?,19?,20+,21+,22?,23?,24?,25+,26+,27+,28+,29?,30-,31-,32-/m0/s1. The molecule has 0 aromatic rings. The molecule has 26 heteroatoms. The van der Waals surface area contributed by atoms with Gasteiger partial charge in [0.25, 0.3) is 0 Å². The van der Waals surface area contributed by atoms with Crippen LogP contribution in [0.15, 0.2) is 0 Å². The van der Waals surface area contributed by atoms with Crippen LogP contribution in [0, 0.1) is 0 Å². The molecule has 0 radical (unpaired) electrons. The molecule has 20 atom stereocenters. The minimum atomic E-state index is -2.08. The van der Waals surface area contributed by atoms with Gasteiger partial charge in [-0.25, -0.2) is 14.4 Å². The number of aliphatic carboxylic acids is 3. The second kappa shape index (κ2) is 21.9. The van der Waals surface area contributed by atoms with E-state index in [-0.39, 0.29) is 0 Å². The molecule has 0 spiro atoms. The minimum Gasteiger partial charge on any atom is -0.480 e. The molecule has 4 saturated heterocycles. The van der Waals surface area contributed by atoms with E-state index in [0.717, 1.165) is 0 Å². The molecule has 12 N–H and O–H groups in total. The average molecular weight is 853 g/mol. The summed E-state index contributed by atoms with van der Waals surface area (Å²) in [5, 5.41) is 124. The molecule has 26 nitrogen and oxygen atoms in total. The van der Waals surface area contributed by atoms with E-state index in [1.54, 1.807) is 0 Å². The first kappa shape index (κ1) is 48.3. The summed E-state index contributed by atoms with van der Waals surface area (Å²) in [6.07, 6.45) is -33.7. The van der Waals surface area contributed by atoms with Gasteiger partial charge in [-0.3, -0.25) is 0 Å². The Kier molecular flexibility index (Phi) is 18.2. The molecule has 0 saturated carbocycles. The predicted octanol–water partition coefficient (Wildman–Crippen LogP) is -7.70. The van der Waals surface area contributed by atoms with Crippen molar-refractivity contribution in [2.24, 2.45) is 0 Å². The summed E-state index contributed by atoms with van der Waals surface area (Å²) in [6, 6.07) is 0. The van der Waals surface area contributed by atoms with Crippen molar-refractivity contribution in [3.05, 3.63) is 0 Å². The second-order valence-electron chi connectivity index (χ2n) is 13.8. The number of rotatable bonds is 20. The number of hydrogen-bond acceptors (Lipinski definition) is 23. The Labute approximate surface area is 328 Å². The fourth-order valence-corrected chi connectivity index (χ4v) is 6.86. The van der Waals surface area contributed by atoms with Crippen molar-refractivity contribution in [2.75, 3.05) is 53.4 Å². The van der Waals surface area contributed by atoms with Crippen LogP contribution in [0.25, 0.3) is 0 Å². The lowest BCUT2D eigenvalue weighted by Crippen LogP contribution is -2.68. The van der Waals surface area contributed by atoms with Gasteiger partial charge in [-0.05, 0) is 6.92 Å². The average Bonchev–Trinajstić information content (AvgIpc) is 3.17. The van der Waals surface area contributed by atoms with E-state index in [4.69, 9.17) is 62.3 Å². The van der Waals surface area contributed by atoms with Crippen LogP contribution in [-0.2, 0) is 66.5 Å². The lowest BCUT2D eigenvalue weighted by Gasteiger charge is -2.49. The van der Waals surface area contributed by atoms with Crippen LogP contribution in [-0.4, -0.2) is 255 Å². The van der Waals surface area contributed by atoms with Gasteiger partial charge in [-0.15, -0.1) is 0 Å². The molecule has 0 aromatic heterocycles. The van der Waals surface area contributed by atoms with Gasteiger partial charge in [0.2, 0.25) is 0 Å². The molecule has 0 aromatic carbocycles. The highest BCUT2D eigenvalue weighted by molar-refractivity contribution is 5.68. The number of carboxylic acid groups (broad SMARTS) is 3. The Morgan fingerprint density at radius 2 is 0.879 bits per heavy atom. The topological polar surface area (TPSA) is 396 Å². The highest BCUT2D eigenvalue weighted by Gasteiger charge is 2.56. The van der Waals surface area contributed by atoms with E-state index >= 15 is 0 Å². The maximum absolute atomic E-state index is 11.5. The molecule has 4 rings (SSSR count). The van der Waals surface area contributed by atoms with E-state index in [2.05, 4.69) is 0 Å². The van der Waals surface area contributed by atoms with E-state index in [0.29, 0.717) is 0 Å². The van der Waals surface area contributed by atoms with Crippen LogP contribution in [0.4, 0.5) is 0 Å². The van der Waals surface area contributed by atoms with E-state index in [9.17, 15) is 65.4 Å². The predicted molar refractivity (Wildman–Crippen MR) is 176 cm³/mol. The van der Waals surface area contributed by atoms with Crippen molar-refractivity contribution < 1.29 is 128 Å². The van der Waals surface area contributed by atoms with Gasteiger partial charge in [0, 0.05) is 7.11 Å². The molecule has 8 unspecified atom stereocenters. The number of hydrogen-bond donors (Lipinski definition) is 12. The maximum atomic E-state index is 11.5. The molecule has 0 bridgehead atoms. The van der Waals surface area contributed by atoms with Crippen LogP contribution < -0.4 is 0 Å². The highest BCUT2D eigenvalue weighted by atomic mass is 16.8. The molecule has 336 valence electrons. The van der Waals surface area contributed by atoms with Crippen LogP contribution in [0.5, 0.6) is 0 Å². The lowest BCUT2D eigenvalue weighted by atomic mass is 9.94. The zero-order valence-corrected chi connectivity index (χ0v) is 31.1. The number of carbonyl (C=O) groups is 3. The number of aliphatic hydroxyl groups is 9. The van der Waals surface area contributed by atoms with Gasteiger partial charge < -0.3 is 113 Å². The minimum absolute atomic E-state index is 0.469. The summed E-state index contributed by atoms with van der Waals surface area (Å²) < 4.78 is 60.7. The van der Waals surface area contributed by atoms with Gasteiger partial charge in [-0.2, -0.15) is 0 Å². The number of carboxylic acids is 3. The number of aliphatic hydroxyl groups excluding tert-OH is 9. The van der Waals surface area contributed by atoms with Crippen LogP contribution in [0.1, 0.15) is 6.92 Å². The molecule has 4 aliphatic rings. The molecule has 0 aliphatic carbocycles. The molecule has 4 aliphatic heterocycles. The summed E-state index contributed by atoms with van der Waals surface area (Å²) in [6.45, 7) is -4.08. The molecule has 58 heavy (non-hydrogen) atoms. The zero-order chi connectivity index (χ0) is 43.0. The van der Waals surface area contributed by atoms with Crippen LogP contribution in [0.3, 0.4) is 0 Å². The second-order valence-corrected chi connectivity index (χ2v) is 13.8. The zero-order valence-electron chi connectivity index (χ0n) is 31.1. The fourth-order valence-electron chi connectivity index (χ4n) is 6.86. The van der Waals surface area contributed by atoms with Gasteiger partial charge >= 0.3 is 17.9 Å². The largest absolute Gasteiger partial charge is 0.480 e. The van der Waals surface area contributed by atoms with Crippen molar-refractivity contribution in [1.29, 1.82) is 0 Å². The summed E-state index contributed by atoms with van der Waals surface area (Å²) in [4.78, 5) is 33.4. The van der Waals surface area contributed by atoms with Crippen molar-refractivity contribution in [3.8, 4) is 0 Å². The number of ether oxygens (including phenoxy) is 11. The third kappa shape index (κ3) is 11.7. The van der Waals surface area contributed by atoms with Crippen molar-refractivity contribution in [2.45, 2.75) is 130 Å². The SMILES string of the molecule is CO[C@@H]1C(COCC(=O)O)O[C@@H](O[C@H]2C(O)C(OCC(=O)O)[C@H](O[C@@H]3C(CO)O[C@@H](O[C@H]4C(O)C(O)[C@H](C)O[C@H]4COCC(=O)O)C(O)[C@H]3O)O[C@H]2CO)C(O)[C@H]1O. The summed E-state index contributed by atoms with van der Waals surface area (Å²) in [7, 11) is 1.17. The molecule has 4 heterocycles. The van der Waals surface area contributed by atoms with E-state index in [1.807, 2.05) is 0 Å². The van der Waals surface area contributed by atoms with Crippen molar-refractivity contribution in [1.82, 2.24) is 0 Å². The van der Waals surface area contributed by atoms with Crippen molar-refractivity contribution >= 4 is 17.9 Å². The van der Waals surface area contributed by atoms with Gasteiger partial charge in [0.05, 0.1) is 32.5 Å². The fraction of sp³-hybridized carbons (Fsp3) is 0.906. The first-order chi connectivity index (χ1) is 27.4. The van der Waals surface area contributed by atoms with Gasteiger partial charge in [0.1, 0.15) is 117 Å². The first-order valence-corrected chi connectivity index (χ1v) is 18.0. The van der Waals surface area contributed by atoms with Crippen LogP contribution in [0.2, 0.25) is 0 Å². The number of methoxy groups -OCH3 is 1. The molecule has 0 amide bonds. The summed E-state index contributed by atoms with van der Waals surface area (Å²) in [5.74, 6) is -4.18. The monoisotopic (exact) mass is 852 g/mol. The quantitative estimate of drug-likeness (QED) is 0.0541. The Morgan fingerprint density at radius 1 is 0.483 bits per heavy atom. The van der Waals surface area contributed by atoms with Crippen LogP contribution >= 0.6 is 0 Å². The smallest absolute Gasteiger partial charge is 0.329 e. The van der Waals surface area contributed by atoms with E-state index < -0.39 is 187 Å². The third-order valence-electron chi connectivity index (χ3n) is 9.74. The van der Waals surface area contributed by atoms with Gasteiger partial charge in [0.15, 0.2) is 18.9 Å². The Bertz CT molecular complexity index is 1310. The van der Waals surface area contributed by atoms with E-state index in [1.165, 1.54) is 14.0 Å². The van der Waals surface area contributed by atoms with Gasteiger partial charge in [-0.1, -0.05) is 0 Å². The summed E-state index contributed by atoms with van der Waals surface area (Å²) >= 11 is 0. The normalized spacial score (nSPS) is 43.5. The Hall–Kier alpha value is -2.39. The molecule has 4 fully saturated rings. The first-order valence-electron chi connectivity index (χ1n) is 18.0. The molecular weight excluding hydrogens is 800 g/mol. The molecular formula is C32H52O26. The Balaban J connectivity index is 1.52.